The number of hydrogen-bond donors (Lipinski definition) is 3. The lowest BCUT2D eigenvalue weighted by Gasteiger charge is -2.24. The second-order valence-electron chi connectivity index (χ2n) is 19.5. The van der Waals surface area contributed by atoms with Crippen LogP contribution in [0.1, 0.15) is 278 Å². The summed E-state index contributed by atoms with van der Waals surface area (Å²) in [5.74, 6) is -0.513. The molecule has 0 bridgehead atoms. The van der Waals surface area contributed by atoms with Gasteiger partial charge in [-0.2, -0.15) is 0 Å². The van der Waals surface area contributed by atoms with E-state index >= 15 is 0 Å². The smallest absolute Gasteiger partial charge is 0.306 e. The number of nitrogens with one attached hydrogen (secondary N) is 1. The molecule has 0 rings (SSSR count). The van der Waals surface area contributed by atoms with Gasteiger partial charge in [0.15, 0.2) is 0 Å². The first-order valence-corrected chi connectivity index (χ1v) is 28.7. The summed E-state index contributed by atoms with van der Waals surface area (Å²) in [6.07, 6.45) is 69.6. The summed E-state index contributed by atoms with van der Waals surface area (Å²) in [5, 5.41) is 23.8. The second-order valence-corrected chi connectivity index (χ2v) is 19.5. The Morgan fingerprint density at radius 2 is 0.806 bits per heavy atom. The highest BCUT2D eigenvalue weighted by Crippen LogP contribution is 2.18. The van der Waals surface area contributed by atoms with Crippen LogP contribution in [0.4, 0.5) is 0 Å². The molecule has 0 saturated carbocycles. The molecule has 0 saturated heterocycles. The highest BCUT2D eigenvalue weighted by Gasteiger charge is 2.24. The highest BCUT2D eigenvalue weighted by atomic mass is 16.5. The number of carbonyl (C=O) groups is 2. The van der Waals surface area contributed by atoms with Gasteiger partial charge in [-0.3, -0.25) is 9.59 Å². The Labute approximate surface area is 415 Å². The third kappa shape index (κ3) is 49.5. The van der Waals surface area contributed by atoms with E-state index in [4.69, 9.17) is 4.74 Å². The molecule has 67 heavy (non-hydrogen) atoms. The lowest BCUT2D eigenvalue weighted by Crippen LogP contribution is -2.46. The molecule has 3 atom stereocenters. The molecule has 0 aliphatic heterocycles. The number of hydrogen-bond acceptors (Lipinski definition) is 5. The normalized spacial score (nSPS) is 13.7. The van der Waals surface area contributed by atoms with Crippen molar-refractivity contribution in [2.45, 2.75) is 296 Å². The summed E-state index contributed by atoms with van der Waals surface area (Å²) in [5.41, 5.74) is 0. The topological polar surface area (TPSA) is 95.9 Å². The summed E-state index contributed by atoms with van der Waals surface area (Å²) >= 11 is 0. The molecule has 0 heterocycles. The molecule has 0 spiro atoms. The summed E-state index contributed by atoms with van der Waals surface area (Å²) in [6.45, 7) is 6.40. The van der Waals surface area contributed by atoms with Crippen molar-refractivity contribution in [3.63, 3.8) is 0 Å². The van der Waals surface area contributed by atoms with Gasteiger partial charge in [-0.1, -0.05) is 267 Å². The number of esters is 1. The van der Waals surface area contributed by atoms with Crippen molar-refractivity contribution in [2.75, 3.05) is 6.61 Å². The van der Waals surface area contributed by atoms with Crippen LogP contribution in [0.2, 0.25) is 0 Å². The molecule has 1 amide bonds. The lowest BCUT2D eigenvalue weighted by atomic mass is 10.0. The first-order chi connectivity index (χ1) is 33.0. The van der Waals surface area contributed by atoms with Crippen LogP contribution in [0.3, 0.4) is 0 Å². The van der Waals surface area contributed by atoms with Gasteiger partial charge in [-0.15, -0.1) is 0 Å². The number of allylic oxidation sites excluding steroid dienone is 12. The minimum atomic E-state index is -0.803. The van der Waals surface area contributed by atoms with Gasteiger partial charge in [0.05, 0.1) is 25.2 Å². The van der Waals surface area contributed by atoms with E-state index in [0.29, 0.717) is 19.3 Å². The third-order valence-electron chi connectivity index (χ3n) is 12.9. The predicted octanol–water partition coefficient (Wildman–Crippen LogP) is 17.7. The molecule has 6 heteroatoms. The van der Waals surface area contributed by atoms with E-state index < -0.39 is 18.2 Å². The number of aliphatic hydroxyl groups excluding tert-OH is 2. The Bertz CT molecular complexity index is 1230. The molecule has 0 fully saturated rings. The SMILES string of the molecule is CCC/C=C/C=C/C=C/C=C/C=C/CCCCCC(CC(=O)NC(CO)C(O)CCCCCCCCCCCCCCC)OC(=O)CCCCCCCCCCC/C=C/CCCCCCCC. The minimum Gasteiger partial charge on any atom is -0.462 e. The average Bonchev–Trinajstić information content (AvgIpc) is 3.32. The molecule has 3 unspecified atom stereocenters. The largest absolute Gasteiger partial charge is 0.462 e. The fraction of sp³-hybridized carbons (Fsp3) is 0.770. The minimum absolute atomic E-state index is 0.0472. The average molecular weight is 937 g/mol. The van der Waals surface area contributed by atoms with Crippen LogP contribution in [0.5, 0.6) is 0 Å². The summed E-state index contributed by atoms with van der Waals surface area (Å²) < 4.78 is 5.94. The number of amides is 1. The molecule has 0 aromatic carbocycles. The van der Waals surface area contributed by atoms with E-state index in [0.717, 1.165) is 70.6 Å². The van der Waals surface area contributed by atoms with Gasteiger partial charge in [-0.25, -0.2) is 0 Å². The van der Waals surface area contributed by atoms with Crippen molar-refractivity contribution >= 4 is 11.9 Å². The third-order valence-corrected chi connectivity index (χ3v) is 12.9. The van der Waals surface area contributed by atoms with Gasteiger partial charge in [0.2, 0.25) is 5.91 Å². The molecule has 388 valence electrons. The summed E-state index contributed by atoms with van der Waals surface area (Å²) in [4.78, 5) is 26.3. The standard InChI is InChI=1S/C61H109NO5/c1-4-7-10-13-16-19-22-25-27-29-30-31-33-36-39-42-45-48-51-54-61(66)67-57(52-49-46-43-40-37-35-32-28-26-23-20-17-14-11-8-5-2)55-60(65)62-58(56-63)59(64)53-50-47-44-41-38-34-24-21-18-15-12-9-6-3/h11,14,17,20,23,25-28,32,35,37,57-59,63-64H,4-10,12-13,15-16,18-19,21-22,24,29-31,33-34,36,38-56H2,1-3H3,(H,62,65)/b14-11+,20-17+,26-23+,27-25+,32-28+,37-35+. The van der Waals surface area contributed by atoms with Gasteiger partial charge in [0, 0.05) is 6.42 Å². The van der Waals surface area contributed by atoms with E-state index in [-0.39, 0.29) is 24.9 Å². The Kier molecular flexibility index (Phi) is 52.1. The molecular weight excluding hydrogens is 827 g/mol. The number of ether oxygens (including phenoxy) is 1. The Hall–Kier alpha value is -2.70. The zero-order valence-corrected chi connectivity index (χ0v) is 44.3. The first kappa shape index (κ1) is 64.3. The van der Waals surface area contributed by atoms with Crippen molar-refractivity contribution in [1.82, 2.24) is 5.32 Å². The molecule has 0 aromatic rings. The number of aliphatic hydroxyl groups is 2. The van der Waals surface area contributed by atoms with Crippen LogP contribution in [-0.2, 0) is 14.3 Å². The molecule has 0 aliphatic carbocycles. The maximum Gasteiger partial charge on any atom is 0.306 e. The lowest BCUT2D eigenvalue weighted by molar-refractivity contribution is -0.151. The zero-order valence-electron chi connectivity index (χ0n) is 44.3. The van der Waals surface area contributed by atoms with E-state index in [1.165, 1.54) is 161 Å². The second kappa shape index (κ2) is 54.2. The Morgan fingerprint density at radius 1 is 0.433 bits per heavy atom. The van der Waals surface area contributed by atoms with E-state index in [1.807, 2.05) is 36.5 Å². The maximum absolute atomic E-state index is 13.3. The quantitative estimate of drug-likeness (QED) is 0.0244. The summed E-state index contributed by atoms with van der Waals surface area (Å²) in [6, 6.07) is -0.719. The Morgan fingerprint density at radius 3 is 1.27 bits per heavy atom. The first-order valence-electron chi connectivity index (χ1n) is 28.7. The predicted molar refractivity (Wildman–Crippen MR) is 291 cm³/mol. The van der Waals surface area contributed by atoms with Crippen LogP contribution in [0.25, 0.3) is 0 Å². The fourth-order valence-corrected chi connectivity index (χ4v) is 8.52. The van der Waals surface area contributed by atoms with Gasteiger partial charge in [-0.05, 0) is 70.6 Å². The molecule has 0 radical (unpaired) electrons. The van der Waals surface area contributed by atoms with Gasteiger partial charge >= 0.3 is 5.97 Å². The highest BCUT2D eigenvalue weighted by molar-refractivity contribution is 5.77. The van der Waals surface area contributed by atoms with Crippen molar-refractivity contribution in [1.29, 1.82) is 0 Å². The van der Waals surface area contributed by atoms with Crippen molar-refractivity contribution in [2.24, 2.45) is 0 Å². The van der Waals surface area contributed by atoms with Gasteiger partial charge < -0.3 is 20.3 Å². The van der Waals surface area contributed by atoms with E-state index in [2.05, 4.69) is 62.5 Å². The molecule has 0 aliphatic rings. The fourth-order valence-electron chi connectivity index (χ4n) is 8.52. The number of unbranched alkanes of at least 4 members (excludes halogenated alkanes) is 31. The maximum atomic E-state index is 13.3. The summed E-state index contributed by atoms with van der Waals surface area (Å²) in [7, 11) is 0. The zero-order chi connectivity index (χ0) is 48.8. The molecule has 6 nitrogen and oxygen atoms in total. The molecule has 3 N–H and O–H groups in total. The van der Waals surface area contributed by atoms with Crippen molar-refractivity contribution < 1.29 is 24.5 Å². The number of rotatable bonds is 51. The molecule has 0 aromatic heterocycles. The van der Waals surface area contributed by atoms with Crippen LogP contribution in [0, 0.1) is 0 Å². The van der Waals surface area contributed by atoms with E-state index in [9.17, 15) is 19.8 Å². The molecular formula is C61H109NO5. The van der Waals surface area contributed by atoms with Crippen LogP contribution >= 0.6 is 0 Å². The van der Waals surface area contributed by atoms with Crippen molar-refractivity contribution in [3.05, 3.63) is 72.9 Å². The van der Waals surface area contributed by atoms with Crippen LogP contribution in [-0.4, -0.2) is 46.9 Å². The van der Waals surface area contributed by atoms with Crippen LogP contribution in [0.15, 0.2) is 72.9 Å². The van der Waals surface area contributed by atoms with E-state index in [1.54, 1.807) is 0 Å². The number of carbonyl (C=O) groups excluding carboxylic acids is 2. The monoisotopic (exact) mass is 936 g/mol. The Balaban J connectivity index is 4.63. The van der Waals surface area contributed by atoms with Gasteiger partial charge in [0.25, 0.3) is 0 Å². The van der Waals surface area contributed by atoms with Crippen molar-refractivity contribution in [3.8, 4) is 0 Å². The van der Waals surface area contributed by atoms with Crippen LogP contribution < -0.4 is 5.32 Å². The van der Waals surface area contributed by atoms with Gasteiger partial charge in [0.1, 0.15) is 6.10 Å².